The summed E-state index contributed by atoms with van der Waals surface area (Å²) in [6.07, 6.45) is 1.77. The van der Waals surface area contributed by atoms with E-state index >= 15 is 0 Å². The average Bonchev–Trinajstić information content (AvgIpc) is 2.70. The van der Waals surface area contributed by atoms with Gasteiger partial charge in [0.05, 0.1) is 5.69 Å². The van der Waals surface area contributed by atoms with Crippen LogP contribution >= 0.6 is 0 Å². The number of pyridine rings is 1. The molecule has 1 saturated heterocycles. The Labute approximate surface area is 161 Å². The van der Waals surface area contributed by atoms with Crippen LogP contribution in [0.25, 0.3) is 11.3 Å². The van der Waals surface area contributed by atoms with Gasteiger partial charge in [0.1, 0.15) is 6.54 Å². The summed E-state index contributed by atoms with van der Waals surface area (Å²) >= 11 is 0. The van der Waals surface area contributed by atoms with Crippen molar-refractivity contribution in [2.45, 2.75) is 13.0 Å². The molecule has 8 nitrogen and oxygen atoms in total. The number of nitrogens with zero attached hydrogens (tertiary/aromatic N) is 2. The minimum absolute atomic E-state index is 0.0584. The van der Waals surface area contributed by atoms with Crippen molar-refractivity contribution in [2.75, 3.05) is 13.1 Å². The van der Waals surface area contributed by atoms with Gasteiger partial charge in [0.2, 0.25) is 11.8 Å². The van der Waals surface area contributed by atoms with E-state index in [1.165, 1.54) is 4.90 Å². The molecule has 2 amide bonds. The molecular formula is C20H19N3O5. The molecule has 28 heavy (non-hydrogen) atoms. The Morgan fingerprint density at radius 3 is 2.54 bits per heavy atom. The van der Waals surface area contributed by atoms with E-state index in [4.69, 9.17) is 5.11 Å². The lowest BCUT2D eigenvalue weighted by molar-refractivity contribution is -0.152. The first kappa shape index (κ1) is 19.2. The zero-order valence-corrected chi connectivity index (χ0v) is 15.0. The van der Waals surface area contributed by atoms with Gasteiger partial charge in [-0.3, -0.25) is 24.2 Å². The molecule has 2 N–H and O–H groups in total. The highest BCUT2D eigenvalue weighted by atomic mass is 16.4. The van der Waals surface area contributed by atoms with Crippen molar-refractivity contribution < 1.29 is 24.3 Å². The number of amides is 2. The molecule has 0 spiro atoms. The van der Waals surface area contributed by atoms with Crippen molar-refractivity contribution in [3.8, 4) is 11.3 Å². The van der Waals surface area contributed by atoms with Crippen molar-refractivity contribution in [1.29, 1.82) is 0 Å². The molecule has 144 valence electrons. The fraction of sp³-hybridized carbons (Fsp3) is 0.250. The summed E-state index contributed by atoms with van der Waals surface area (Å²) in [6, 6.07) is 13.2. The average molecular weight is 381 g/mol. The van der Waals surface area contributed by atoms with Gasteiger partial charge in [-0.1, -0.05) is 30.3 Å². The molecule has 0 aliphatic carbocycles. The molecule has 2 heterocycles. The molecule has 0 saturated carbocycles. The Morgan fingerprint density at radius 1 is 1.14 bits per heavy atom. The van der Waals surface area contributed by atoms with Crippen LogP contribution in [-0.4, -0.2) is 51.6 Å². The summed E-state index contributed by atoms with van der Waals surface area (Å²) in [6.45, 7) is -0.148. The largest absolute Gasteiger partial charge is 0.480 e. The van der Waals surface area contributed by atoms with Crippen LogP contribution < -0.4 is 5.32 Å². The molecule has 0 bridgehead atoms. The molecule has 1 aliphatic rings. The van der Waals surface area contributed by atoms with Gasteiger partial charge < -0.3 is 15.3 Å². The van der Waals surface area contributed by atoms with E-state index < -0.39 is 36.0 Å². The second-order valence-electron chi connectivity index (χ2n) is 6.43. The number of likely N-dealkylation sites (tertiary alicyclic amines) is 1. The number of rotatable bonds is 6. The summed E-state index contributed by atoms with van der Waals surface area (Å²) in [4.78, 5) is 53.0. The number of carbonyl (C=O) groups excluding carboxylic acids is 3. The molecule has 0 radical (unpaired) electrons. The predicted molar refractivity (Wildman–Crippen MR) is 98.8 cm³/mol. The maximum absolute atomic E-state index is 12.6. The van der Waals surface area contributed by atoms with E-state index in [0.29, 0.717) is 0 Å². The normalized spacial score (nSPS) is 16.7. The maximum Gasteiger partial charge on any atom is 0.322 e. The van der Waals surface area contributed by atoms with Crippen LogP contribution in [0.15, 0.2) is 48.7 Å². The number of benzene rings is 1. The first-order valence-electron chi connectivity index (χ1n) is 8.77. The third-order valence-electron chi connectivity index (χ3n) is 4.47. The van der Waals surface area contributed by atoms with E-state index in [0.717, 1.165) is 16.8 Å². The smallest absolute Gasteiger partial charge is 0.322 e. The summed E-state index contributed by atoms with van der Waals surface area (Å²) < 4.78 is 0. The summed E-state index contributed by atoms with van der Waals surface area (Å²) in [5.41, 5.74) is 2.63. The number of hydrogen-bond acceptors (Lipinski definition) is 5. The van der Waals surface area contributed by atoms with Gasteiger partial charge in [-0.15, -0.1) is 0 Å². The topological polar surface area (TPSA) is 117 Å². The number of ketones is 1. The molecule has 1 aromatic heterocycles. The molecule has 1 aliphatic heterocycles. The van der Waals surface area contributed by atoms with E-state index in [1.807, 2.05) is 42.5 Å². The van der Waals surface area contributed by atoms with Gasteiger partial charge >= 0.3 is 5.97 Å². The van der Waals surface area contributed by atoms with Crippen LogP contribution in [0.3, 0.4) is 0 Å². The van der Waals surface area contributed by atoms with Crippen molar-refractivity contribution in [1.82, 2.24) is 15.2 Å². The molecule has 1 unspecified atom stereocenters. The van der Waals surface area contributed by atoms with Crippen LogP contribution in [0.2, 0.25) is 0 Å². The summed E-state index contributed by atoms with van der Waals surface area (Å²) in [7, 11) is 0. The zero-order chi connectivity index (χ0) is 20.1. The fourth-order valence-corrected chi connectivity index (χ4v) is 3.03. The second kappa shape index (κ2) is 8.43. The minimum Gasteiger partial charge on any atom is -0.480 e. The Kier molecular flexibility index (Phi) is 5.78. The fourth-order valence-electron chi connectivity index (χ4n) is 3.03. The number of hydrogen-bond donors (Lipinski definition) is 2. The quantitative estimate of drug-likeness (QED) is 0.717. The number of carbonyl (C=O) groups is 4. The zero-order valence-electron chi connectivity index (χ0n) is 15.0. The molecule has 3 rings (SSSR count). The number of Topliss-reactive ketones (excluding diaryl/α,β-unsaturated/α-hetero) is 1. The number of piperidine rings is 1. The molecular weight excluding hydrogens is 362 g/mol. The van der Waals surface area contributed by atoms with Crippen LogP contribution in [0, 0.1) is 5.92 Å². The number of carboxylic acid groups (broad SMARTS) is 1. The van der Waals surface area contributed by atoms with Crippen LogP contribution in [-0.2, 0) is 25.7 Å². The minimum atomic E-state index is -1.49. The lowest BCUT2D eigenvalue weighted by atomic mass is 9.94. The third-order valence-corrected chi connectivity index (χ3v) is 4.47. The van der Waals surface area contributed by atoms with Crippen molar-refractivity contribution in [2.24, 2.45) is 5.92 Å². The van der Waals surface area contributed by atoms with Gasteiger partial charge in [0, 0.05) is 31.3 Å². The van der Waals surface area contributed by atoms with E-state index in [2.05, 4.69) is 10.3 Å². The van der Waals surface area contributed by atoms with E-state index in [9.17, 15) is 19.2 Å². The summed E-state index contributed by atoms with van der Waals surface area (Å²) in [5.74, 6) is -4.69. The maximum atomic E-state index is 12.6. The van der Waals surface area contributed by atoms with Crippen LogP contribution in [0.1, 0.15) is 12.0 Å². The Bertz CT molecular complexity index is 896. The molecule has 2 aromatic rings. The Morgan fingerprint density at radius 2 is 1.89 bits per heavy atom. The van der Waals surface area contributed by atoms with Gasteiger partial charge in [-0.05, 0) is 17.7 Å². The SMILES string of the molecule is O=C(O)CNC(=O)C1C(=O)CCN(Cc2ccc(-c3ccccn3)cc2)C1=O. The number of carboxylic acids is 1. The van der Waals surface area contributed by atoms with E-state index in [-0.39, 0.29) is 19.5 Å². The Balaban J connectivity index is 1.68. The predicted octanol–water partition coefficient (Wildman–Crippen LogP) is 0.867. The molecule has 1 aromatic carbocycles. The van der Waals surface area contributed by atoms with Gasteiger partial charge in [-0.2, -0.15) is 0 Å². The molecule has 1 atom stereocenters. The van der Waals surface area contributed by atoms with Crippen molar-refractivity contribution in [3.63, 3.8) is 0 Å². The van der Waals surface area contributed by atoms with Crippen molar-refractivity contribution in [3.05, 3.63) is 54.2 Å². The third kappa shape index (κ3) is 4.40. The number of aromatic nitrogens is 1. The van der Waals surface area contributed by atoms with E-state index in [1.54, 1.807) is 6.20 Å². The summed E-state index contributed by atoms with van der Waals surface area (Å²) in [5, 5.41) is 10.8. The van der Waals surface area contributed by atoms with Gasteiger partial charge in [0.25, 0.3) is 0 Å². The second-order valence-corrected chi connectivity index (χ2v) is 6.43. The first-order chi connectivity index (χ1) is 13.5. The highest BCUT2D eigenvalue weighted by Crippen LogP contribution is 2.21. The monoisotopic (exact) mass is 381 g/mol. The highest BCUT2D eigenvalue weighted by molar-refractivity contribution is 6.19. The standard InChI is InChI=1S/C20H19N3O5/c24-16-8-10-23(20(28)18(16)19(27)22-11-17(25)26)12-13-4-6-14(7-5-13)15-3-1-2-9-21-15/h1-7,9,18H,8,10-12H2,(H,22,27)(H,25,26). The first-order valence-corrected chi connectivity index (χ1v) is 8.77. The van der Waals surface area contributed by atoms with Crippen LogP contribution in [0.4, 0.5) is 0 Å². The highest BCUT2D eigenvalue weighted by Gasteiger charge is 2.40. The molecule has 8 heteroatoms. The lowest BCUT2D eigenvalue weighted by Crippen LogP contribution is -2.52. The van der Waals surface area contributed by atoms with Crippen molar-refractivity contribution >= 4 is 23.6 Å². The number of nitrogens with one attached hydrogen (secondary N) is 1. The molecule has 1 fully saturated rings. The van der Waals surface area contributed by atoms with Crippen LogP contribution in [0.5, 0.6) is 0 Å². The number of aliphatic carboxylic acids is 1. The lowest BCUT2D eigenvalue weighted by Gasteiger charge is -2.30. The van der Waals surface area contributed by atoms with Gasteiger partial charge in [-0.25, -0.2) is 0 Å². The Hall–Kier alpha value is -3.55. The van der Waals surface area contributed by atoms with Gasteiger partial charge in [0.15, 0.2) is 11.7 Å².